The van der Waals surface area contributed by atoms with E-state index in [9.17, 15) is 14.7 Å². The minimum atomic E-state index is -1.42. The lowest BCUT2D eigenvalue weighted by atomic mass is 9.85. The van der Waals surface area contributed by atoms with Crippen molar-refractivity contribution in [2.45, 2.75) is 77.9 Å². The van der Waals surface area contributed by atoms with Crippen LogP contribution >= 0.6 is 0 Å². The van der Waals surface area contributed by atoms with Gasteiger partial charge in [-0.25, -0.2) is 0 Å². The van der Waals surface area contributed by atoms with Gasteiger partial charge in [-0.1, -0.05) is 32.1 Å². The molecule has 0 atom stereocenters. The molecular formula is C27H33NO3. The Kier molecular flexibility index (Phi) is 6.02. The van der Waals surface area contributed by atoms with Gasteiger partial charge in [0.05, 0.1) is 0 Å². The molecule has 0 unspecified atom stereocenters. The standard InChI is InChI=1S/C27H33NO3/c1-4-28-23-13-11-19(25(29)15-10-18-8-6-5-7-9-18)16-21(23)22-17-20(12-14-24(22)28)26(30)27(2,3)31/h11-14,16-18,31H,4-10,15H2,1-3H3. The molecule has 4 nitrogen and oxygen atoms in total. The number of carbonyl (C=O) groups excluding carboxylic acids is 2. The van der Waals surface area contributed by atoms with Crippen molar-refractivity contribution in [3.63, 3.8) is 0 Å². The normalized spacial score (nSPS) is 15.6. The van der Waals surface area contributed by atoms with Gasteiger partial charge in [0.2, 0.25) is 0 Å². The summed E-state index contributed by atoms with van der Waals surface area (Å²) in [4.78, 5) is 25.6. The fraction of sp³-hybridized carbons (Fsp3) is 0.481. The molecule has 1 fully saturated rings. The van der Waals surface area contributed by atoms with Crippen molar-refractivity contribution < 1.29 is 14.7 Å². The minimum Gasteiger partial charge on any atom is -0.382 e. The predicted octanol–water partition coefficient (Wildman–Crippen LogP) is 6.31. The molecular weight excluding hydrogens is 386 g/mol. The summed E-state index contributed by atoms with van der Waals surface area (Å²) >= 11 is 0. The van der Waals surface area contributed by atoms with Crippen molar-refractivity contribution in [3.05, 3.63) is 47.5 Å². The average Bonchev–Trinajstić information content (AvgIpc) is 3.09. The molecule has 0 aliphatic heterocycles. The van der Waals surface area contributed by atoms with Gasteiger partial charge in [0.25, 0.3) is 0 Å². The Labute approximate surface area is 184 Å². The maximum absolute atomic E-state index is 13.0. The monoisotopic (exact) mass is 419 g/mol. The van der Waals surface area contributed by atoms with E-state index in [0.717, 1.165) is 40.3 Å². The van der Waals surface area contributed by atoms with Gasteiger partial charge < -0.3 is 9.67 Å². The number of carbonyl (C=O) groups is 2. The molecule has 1 aromatic heterocycles. The highest BCUT2D eigenvalue weighted by molar-refractivity contribution is 6.13. The van der Waals surface area contributed by atoms with Gasteiger partial charge in [0, 0.05) is 45.9 Å². The van der Waals surface area contributed by atoms with Crippen LogP contribution in [-0.2, 0) is 6.54 Å². The zero-order chi connectivity index (χ0) is 22.2. The van der Waals surface area contributed by atoms with Crippen molar-refractivity contribution in [1.82, 2.24) is 4.57 Å². The number of aryl methyl sites for hydroxylation is 1. The lowest BCUT2D eigenvalue weighted by Crippen LogP contribution is -2.30. The van der Waals surface area contributed by atoms with Gasteiger partial charge in [-0.05, 0) is 69.5 Å². The summed E-state index contributed by atoms with van der Waals surface area (Å²) in [5.74, 6) is 0.596. The van der Waals surface area contributed by atoms with E-state index in [2.05, 4.69) is 11.5 Å². The van der Waals surface area contributed by atoms with Crippen molar-refractivity contribution >= 4 is 33.4 Å². The first kappa shape index (κ1) is 21.8. The Balaban J connectivity index is 1.70. The molecule has 1 aliphatic rings. The fourth-order valence-electron chi connectivity index (χ4n) is 5.07. The van der Waals surface area contributed by atoms with Gasteiger partial charge in [0.15, 0.2) is 11.6 Å². The molecule has 0 saturated heterocycles. The highest BCUT2D eigenvalue weighted by atomic mass is 16.3. The van der Waals surface area contributed by atoms with Crippen LogP contribution in [0, 0.1) is 5.92 Å². The second-order valence-electron chi connectivity index (χ2n) is 9.56. The third-order valence-corrected chi connectivity index (χ3v) is 6.83. The van der Waals surface area contributed by atoms with Crippen LogP contribution in [0.2, 0.25) is 0 Å². The van der Waals surface area contributed by atoms with Gasteiger partial charge in [0.1, 0.15) is 5.60 Å². The number of benzene rings is 2. The van der Waals surface area contributed by atoms with Crippen molar-refractivity contribution in [1.29, 1.82) is 0 Å². The molecule has 31 heavy (non-hydrogen) atoms. The van der Waals surface area contributed by atoms with Crippen LogP contribution in [0.1, 0.15) is 86.4 Å². The van der Waals surface area contributed by atoms with Gasteiger partial charge in [-0.15, -0.1) is 0 Å². The Morgan fingerprint density at radius 2 is 1.55 bits per heavy atom. The van der Waals surface area contributed by atoms with E-state index in [1.54, 1.807) is 6.07 Å². The third kappa shape index (κ3) is 4.31. The van der Waals surface area contributed by atoms with E-state index in [1.165, 1.54) is 46.0 Å². The largest absolute Gasteiger partial charge is 0.382 e. The molecule has 0 amide bonds. The Hall–Kier alpha value is -2.46. The van der Waals surface area contributed by atoms with Gasteiger partial charge in [-0.3, -0.25) is 9.59 Å². The molecule has 0 radical (unpaired) electrons. The molecule has 3 aromatic rings. The maximum Gasteiger partial charge on any atom is 0.193 e. The number of nitrogens with zero attached hydrogens (tertiary/aromatic N) is 1. The number of aromatic nitrogens is 1. The molecule has 0 bridgehead atoms. The van der Waals surface area contributed by atoms with Crippen molar-refractivity contribution in [2.75, 3.05) is 0 Å². The Bertz CT molecular complexity index is 1130. The smallest absolute Gasteiger partial charge is 0.193 e. The Morgan fingerprint density at radius 3 is 2.13 bits per heavy atom. The zero-order valence-electron chi connectivity index (χ0n) is 18.9. The van der Waals surface area contributed by atoms with Crippen LogP contribution in [0.15, 0.2) is 36.4 Å². The number of hydrogen-bond donors (Lipinski definition) is 1. The average molecular weight is 420 g/mol. The lowest BCUT2D eigenvalue weighted by Gasteiger charge is -2.20. The molecule has 1 N–H and O–H groups in total. The molecule has 1 heterocycles. The van der Waals surface area contributed by atoms with E-state index in [1.807, 2.05) is 30.3 Å². The molecule has 4 rings (SSSR count). The van der Waals surface area contributed by atoms with E-state index in [0.29, 0.717) is 17.9 Å². The van der Waals surface area contributed by atoms with Gasteiger partial charge in [-0.2, -0.15) is 0 Å². The summed E-state index contributed by atoms with van der Waals surface area (Å²) in [6.45, 7) is 5.92. The second kappa shape index (κ2) is 8.58. The molecule has 0 spiro atoms. The first-order valence-corrected chi connectivity index (χ1v) is 11.7. The van der Waals surface area contributed by atoms with Crippen molar-refractivity contribution in [2.24, 2.45) is 5.92 Å². The molecule has 164 valence electrons. The lowest BCUT2D eigenvalue weighted by molar-refractivity contribution is 0.0488. The minimum absolute atomic E-state index is 0.202. The van der Waals surface area contributed by atoms with Gasteiger partial charge >= 0.3 is 0 Å². The first-order valence-electron chi connectivity index (χ1n) is 11.7. The second-order valence-corrected chi connectivity index (χ2v) is 9.56. The predicted molar refractivity (Wildman–Crippen MR) is 126 cm³/mol. The Morgan fingerprint density at radius 1 is 0.968 bits per heavy atom. The number of hydrogen-bond acceptors (Lipinski definition) is 3. The summed E-state index contributed by atoms with van der Waals surface area (Å²) < 4.78 is 2.21. The maximum atomic E-state index is 13.0. The van der Waals surface area contributed by atoms with Crippen LogP contribution in [0.25, 0.3) is 21.8 Å². The number of Topliss-reactive ketones (excluding diaryl/α,β-unsaturated/α-hetero) is 2. The van der Waals surface area contributed by atoms with Crippen LogP contribution in [0.4, 0.5) is 0 Å². The van der Waals surface area contributed by atoms with Crippen molar-refractivity contribution in [3.8, 4) is 0 Å². The summed E-state index contributed by atoms with van der Waals surface area (Å²) in [5.41, 5.74) is 1.92. The quantitative estimate of drug-likeness (QED) is 0.456. The zero-order valence-corrected chi connectivity index (χ0v) is 18.9. The first-order chi connectivity index (χ1) is 14.8. The molecule has 4 heteroatoms. The van der Waals surface area contributed by atoms with E-state index >= 15 is 0 Å². The summed E-state index contributed by atoms with van der Waals surface area (Å²) in [6, 6.07) is 11.6. The van der Waals surface area contributed by atoms with E-state index in [-0.39, 0.29) is 11.6 Å². The number of rotatable bonds is 7. The van der Waals surface area contributed by atoms with Crippen LogP contribution in [0.5, 0.6) is 0 Å². The highest BCUT2D eigenvalue weighted by Crippen LogP contribution is 2.32. The molecule has 1 aliphatic carbocycles. The summed E-state index contributed by atoms with van der Waals surface area (Å²) in [6.07, 6.45) is 8.03. The summed E-state index contributed by atoms with van der Waals surface area (Å²) in [7, 11) is 0. The highest BCUT2D eigenvalue weighted by Gasteiger charge is 2.26. The van der Waals surface area contributed by atoms with Crippen LogP contribution in [-0.4, -0.2) is 26.8 Å². The van der Waals surface area contributed by atoms with Crippen LogP contribution < -0.4 is 0 Å². The summed E-state index contributed by atoms with van der Waals surface area (Å²) in [5, 5.41) is 12.1. The number of ketones is 2. The SMILES string of the molecule is CCn1c2ccc(C(=O)CCC3CCCCC3)cc2c2cc(C(=O)C(C)(C)O)ccc21. The number of fused-ring (bicyclic) bond motifs is 3. The third-order valence-electron chi connectivity index (χ3n) is 6.83. The number of aliphatic hydroxyl groups is 1. The molecule has 2 aromatic carbocycles. The fourth-order valence-corrected chi connectivity index (χ4v) is 5.07. The van der Waals surface area contributed by atoms with E-state index < -0.39 is 5.60 Å². The topological polar surface area (TPSA) is 59.3 Å². The van der Waals surface area contributed by atoms with Crippen LogP contribution in [0.3, 0.4) is 0 Å². The van der Waals surface area contributed by atoms with E-state index in [4.69, 9.17) is 0 Å². The molecule has 1 saturated carbocycles.